The first-order valence-electron chi connectivity index (χ1n) is 4.55. The molecule has 0 aliphatic carbocycles. The standard InChI is InChI=1S/C8H15NO6S/c1-15-4-2-3-9-7(10)5-16(13,14)6-8(11)12/h2-6H2,1H3,(H,9,10)(H,11,12). The fraction of sp³-hybridized carbons (Fsp3) is 0.750. The van der Waals surface area contributed by atoms with Gasteiger partial charge in [0.15, 0.2) is 9.84 Å². The molecule has 0 rings (SSSR count). The third-order valence-electron chi connectivity index (χ3n) is 1.54. The highest BCUT2D eigenvalue weighted by atomic mass is 32.2. The van der Waals surface area contributed by atoms with E-state index in [-0.39, 0.29) is 0 Å². The van der Waals surface area contributed by atoms with Crippen LogP contribution in [0.15, 0.2) is 0 Å². The fourth-order valence-corrected chi connectivity index (χ4v) is 1.91. The smallest absolute Gasteiger partial charge is 0.318 e. The molecule has 0 radical (unpaired) electrons. The summed E-state index contributed by atoms with van der Waals surface area (Å²) < 4.78 is 26.9. The van der Waals surface area contributed by atoms with Crippen LogP contribution in [0.1, 0.15) is 6.42 Å². The van der Waals surface area contributed by atoms with Crippen molar-refractivity contribution in [3.8, 4) is 0 Å². The lowest BCUT2D eigenvalue weighted by Gasteiger charge is -2.04. The topological polar surface area (TPSA) is 110 Å². The Morgan fingerprint density at radius 2 is 1.94 bits per heavy atom. The molecule has 0 fully saturated rings. The lowest BCUT2D eigenvalue weighted by Crippen LogP contribution is -2.33. The van der Waals surface area contributed by atoms with Gasteiger partial charge in [-0.05, 0) is 6.42 Å². The first-order valence-corrected chi connectivity index (χ1v) is 6.37. The van der Waals surface area contributed by atoms with Gasteiger partial charge in [0.1, 0.15) is 11.5 Å². The summed E-state index contributed by atoms with van der Waals surface area (Å²) in [5, 5.41) is 10.6. The fourth-order valence-electron chi connectivity index (χ4n) is 0.934. The van der Waals surface area contributed by atoms with Crippen molar-refractivity contribution in [3.63, 3.8) is 0 Å². The van der Waals surface area contributed by atoms with Crippen LogP contribution in [0.25, 0.3) is 0 Å². The van der Waals surface area contributed by atoms with Crippen LogP contribution >= 0.6 is 0 Å². The third-order valence-corrected chi connectivity index (χ3v) is 2.93. The molecule has 0 unspecified atom stereocenters. The molecule has 0 aliphatic rings. The number of nitrogens with one attached hydrogen (secondary N) is 1. The van der Waals surface area contributed by atoms with Crippen molar-refractivity contribution in [2.24, 2.45) is 0 Å². The largest absolute Gasteiger partial charge is 0.480 e. The molecule has 0 aromatic rings. The number of carboxylic acids is 1. The highest BCUT2D eigenvalue weighted by molar-refractivity contribution is 7.92. The zero-order valence-corrected chi connectivity index (χ0v) is 9.75. The van der Waals surface area contributed by atoms with E-state index in [1.165, 1.54) is 7.11 Å². The van der Waals surface area contributed by atoms with E-state index in [4.69, 9.17) is 9.84 Å². The second-order valence-corrected chi connectivity index (χ2v) is 5.19. The number of methoxy groups -OCH3 is 1. The molecule has 0 bridgehead atoms. The van der Waals surface area contributed by atoms with Gasteiger partial charge in [-0.15, -0.1) is 0 Å². The van der Waals surface area contributed by atoms with E-state index in [1.807, 2.05) is 0 Å². The number of amides is 1. The van der Waals surface area contributed by atoms with Crippen LogP contribution < -0.4 is 5.32 Å². The maximum Gasteiger partial charge on any atom is 0.318 e. The van der Waals surface area contributed by atoms with Crippen molar-refractivity contribution in [1.82, 2.24) is 5.32 Å². The van der Waals surface area contributed by atoms with Crippen LogP contribution in [-0.4, -0.2) is 57.2 Å². The first-order chi connectivity index (χ1) is 7.37. The number of ether oxygens (including phenoxy) is 1. The molecule has 94 valence electrons. The second kappa shape index (κ2) is 7.18. The number of sulfone groups is 1. The Morgan fingerprint density at radius 1 is 1.31 bits per heavy atom. The summed E-state index contributed by atoms with van der Waals surface area (Å²) in [5.74, 6) is -3.99. The Hall–Kier alpha value is -1.15. The molecule has 0 aromatic heterocycles. The van der Waals surface area contributed by atoms with Crippen molar-refractivity contribution in [2.45, 2.75) is 6.42 Å². The molecule has 0 atom stereocenters. The van der Waals surface area contributed by atoms with Gasteiger partial charge in [0.05, 0.1) is 0 Å². The Kier molecular flexibility index (Phi) is 6.66. The summed E-state index contributed by atoms with van der Waals surface area (Å²) in [7, 11) is -2.35. The van der Waals surface area contributed by atoms with Gasteiger partial charge < -0.3 is 15.2 Å². The zero-order valence-electron chi connectivity index (χ0n) is 8.93. The predicted molar refractivity (Wildman–Crippen MR) is 55.8 cm³/mol. The molecular formula is C8H15NO6S. The van der Waals surface area contributed by atoms with Crippen LogP contribution in [0.5, 0.6) is 0 Å². The number of carbonyl (C=O) groups excluding carboxylic acids is 1. The van der Waals surface area contributed by atoms with Crippen molar-refractivity contribution in [1.29, 1.82) is 0 Å². The van der Waals surface area contributed by atoms with E-state index in [1.54, 1.807) is 0 Å². The molecule has 7 nitrogen and oxygen atoms in total. The maximum absolute atomic E-state index is 11.1. The van der Waals surface area contributed by atoms with Crippen molar-refractivity contribution < 1.29 is 27.9 Å². The molecule has 1 amide bonds. The van der Waals surface area contributed by atoms with Gasteiger partial charge in [0, 0.05) is 20.3 Å². The minimum atomic E-state index is -3.87. The monoisotopic (exact) mass is 253 g/mol. The van der Waals surface area contributed by atoms with Crippen LogP contribution in [-0.2, 0) is 24.2 Å². The van der Waals surface area contributed by atoms with E-state index >= 15 is 0 Å². The van der Waals surface area contributed by atoms with E-state index in [0.717, 1.165) is 0 Å². The Morgan fingerprint density at radius 3 is 2.44 bits per heavy atom. The molecule has 0 spiro atoms. The summed E-state index contributed by atoms with van der Waals surface area (Å²) >= 11 is 0. The van der Waals surface area contributed by atoms with E-state index < -0.39 is 33.2 Å². The van der Waals surface area contributed by atoms with Crippen molar-refractivity contribution in [2.75, 3.05) is 31.8 Å². The number of rotatable bonds is 8. The number of aliphatic carboxylic acids is 1. The SMILES string of the molecule is COCCCNC(=O)CS(=O)(=O)CC(=O)O. The number of carboxylic acid groups (broad SMARTS) is 1. The van der Waals surface area contributed by atoms with E-state index in [2.05, 4.69) is 5.32 Å². The van der Waals surface area contributed by atoms with Gasteiger partial charge in [-0.2, -0.15) is 0 Å². The summed E-state index contributed by atoms with van der Waals surface area (Å²) in [6.45, 7) is 0.761. The molecule has 16 heavy (non-hydrogen) atoms. The minimum absolute atomic E-state index is 0.301. The molecule has 0 saturated carbocycles. The van der Waals surface area contributed by atoms with Crippen molar-refractivity contribution in [3.05, 3.63) is 0 Å². The summed E-state index contributed by atoms with van der Waals surface area (Å²) in [6, 6.07) is 0. The van der Waals surface area contributed by atoms with Gasteiger partial charge in [-0.25, -0.2) is 8.42 Å². The zero-order chi connectivity index (χ0) is 12.6. The van der Waals surface area contributed by atoms with Crippen molar-refractivity contribution >= 4 is 21.7 Å². The summed E-state index contributed by atoms with van der Waals surface area (Å²) in [5.41, 5.74) is 0. The third kappa shape index (κ3) is 8.18. The Bertz CT molecular complexity index is 336. The lowest BCUT2D eigenvalue weighted by atomic mass is 10.4. The molecule has 0 aromatic carbocycles. The number of carbonyl (C=O) groups is 2. The van der Waals surface area contributed by atoms with Gasteiger partial charge in [-0.1, -0.05) is 0 Å². The summed E-state index contributed by atoms with van der Waals surface area (Å²) in [4.78, 5) is 21.2. The predicted octanol–water partition coefficient (Wildman–Crippen LogP) is -1.36. The van der Waals surface area contributed by atoms with Gasteiger partial charge >= 0.3 is 5.97 Å². The molecule has 0 aliphatic heterocycles. The highest BCUT2D eigenvalue weighted by Crippen LogP contribution is 1.90. The van der Waals surface area contributed by atoms with Gasteiger partial charge in [-0.3, -0.25) is 9.59 Å². The Balaban J connectivity index is 3.91. The average Bonchev–Trinajstić information content (AvgIpc) is 2.09. The molecular weight excluding hydrogens is 238 g/mol. The van der Waals surface area contributed by atoms with Gasteiger partial charge in [0.25, 0.3) is 0 Å². The molecule has 0 saturated heterocycles. The number of hydrogen-bond donors (Lipinski definition) is 2. The van der Waals surface area contributed by atoms with Crippen LogP contribution in [0.3, 0.4) is 0 Å². The highest BCUT2D eigenvalue weighted by Gasteiger charge is 2.19. The molecule has 2 N–H and O–H groups in total. The maximum atomic E-state index is 11.1. The summed E-state index contributed by atoms with van der Waals surface area (Å²) in [6.07, 6.45) is 0.571. The Labute approximate surface area is 93.7 Å². The molecule has 8 heteroatoms. The second-order valence-electron chi connectivity index (χ2n) is 3.12. The number of hydrogen-bond acceptors (Lipinski definition) is 5. The normalized spacial score (nSPS) is 11.1. The average molecular weight is 253 g/mol. The first kappa shape index (κ1) is 14.8. The van der Waals surface area contributed by atoms with Crippen LogP contribution in [0, 0.1) is 0 Å². The van der Waals surface area contributed by atoms with Gasteiger partial charge in [0.2, 0.25) is 5.91 Å². The van der Waals surface area contributed by atoms with Crippen LogP contribution in [0.2, 0.25) is 0 Å². The quantitative estimate of drug-likeness (QED) is 0.517. The van der Waals surface area contributed by atoms with E-state index in [9.17, 15) is 18.0 Å². The lowest BCUT2D eigenvalue weighted by molar-refractivity contribution is -0.134. The molecule has 0 heterocycles. The minimum Gasteiger partial charge on any atom is -0.480 e. The van der Waals surface area contributed by atoms with Crippen LogP contribution in [0.4, 0.5) is 0 Å². The van der Waals surface area contributed by atoms with E-state index in [0.29, 0.717) is 19.6 Å².